The smallest absolute Gasteiger partial charge is 0.252 e. The molecule has 152 valence electrons. The van der Waals surface area contributed by atoms with Crippen molar-refractivity contribution in [2.45, 2.75) is 0 Å². The fourth-order valence-electron chi connectivity index (χ4n) is 3.12. The van der Waals surface area contributed by atoms with Crippen molar-refractivity contribution >= 4 is 52.1 Å². The van der Waals surface area contributed by atoms with Crippen LogP contribution in [0.5, 0.6) is 5.75 Å². The quantitative estimate of drug-likeness (QED) is 0.491. The first-order valence-electron chi connectivity index (χ1n) is 9.25. The monoisotopic (exact) mass is 460 g/mol. The molecule has 0 atom stereocenters. The molecule has 0 bridgehead atoms. The summed E-state index contributed by atoms with van der Waals surface area (Å²) >= 11 is 12.3. The molecule has 0 N–H and O–H groups in total. The first-order chi connectivity index (χ1) is 13.8. The van der Waals surface area contributed by atoms with Crippen molar-refractivity contribution in [3.05, 3.63) is 84.9 Å². The number of hydrogen-bond acceptors (Lipinski definition) is 3. The largest absolute Gasteiger partial charge is 0.441 e. The average Bonchev–Trinajstić information content (AvgIpc) is 2.74. The minimum absolute atomic E-state index is 0.759. The summed E-state index contributed by atoms with van der Waals surface area (Å²) in [4.78, 5) is 0. The van der Waals surface area contributed by atoms with E-state index in [9.17, 15) is 0 Å². The molecule has 0 radical (unpaired) electrons. The zero-order valence-corrected chi connectivity index (χ0v) is 20.5. The van der Waals surface area contributed by atoms with Crippen molar-refractivity contribution in [1.29, 1.82) is 0 Å². The molecule has 0 unspecified atom stereocenters. The second kappa shape index (κ2) is 9.22. The highest BCUT2D eigenvalue weighted by atomic mass is 32.5. The summed E-state index contributed by atoms with van der Waals surface area (Å²) in [5, 5.41) is 3.43. The van der Waals surface area contributed by atoms with Gasteiger partial charge in [0.05, 0.1) is 0 Å². The van der Waals surface area contributed by atoms with Gasteiger partial charge in [-0.3, -0.25) is 0 Å². The second-order valence-electron chi connectivity index (χ2n) is 7.05. The van der Waals surface area contributed by atoms with Crippen molar-refractivity contribution in [2.24, 2.45) is 0 Å². The predicted octanol–water partition coefficient (Wildman–Crippen LogP) is 4.17. The Morgan fingerprint density at radius 1 is 0.621 bits per heavy atom. The Hall–Kier alpha value is -1.32. The van der Waals surface area contributed by atoms with Gasteiger partial charge in [-0.05, 0) is 68.0 Å². The Morgan fingerprint density at radius 2 is 1.07 bits per heavy atom. The molecule has 29 heavy (non-hydrogen) atoms. The average molecular weight is 461 g/mol. The van der Waals surface area contributed by atoms with Gasteiger partial charge >= 0.3 is 0 Å². The minimum atomic E-state index is -2.32. The van der Waals surface area contributed by atoms with Gasteiger partial charge in [0.1, 0.15) is 5.75 Å². The second-order valence-corrected chi connectivity index (χ2v) is 15.7. The first kappa shape index (κ1) is 22.4. The molecule has 0 aliphatic heterocycles. The summed E-state index contributed by atoms with van der Waals surface area (Å²) < 4.78 is 10.4. The normalized spacial score (nSPS) is 12.3. The molecular formula is C22H26N2OP2S2. The molecule has 0 aliphatic carbocycles. The van der Waals surface area contributed by atoms with E-state index in [1.165, 1.54) is 0 Å². The Labute approximate surface area is 184 Å². The number of hydrogen-bond donors (Lipinski definition) is 0. The summed E-state index contributed by atoms with van der Waals surface area (Å²) in [5.74, 6) is 0.759. The number of nitrogens with zero attached hydrogens (tertiary/aromatic N) is 2. The fourth-order valence-corrected chi connectivity index (χ4v) is 8.56. The molecule has 0 heterocycles. The molecule has 0 saturated heterocycles. The highest BCUT2D eigenvalue weighted by molar-refractivity contribution is 8.25. The SMILES string of the molecule is CN(C)P(=S)(Oc1cccc(P(=S)(c2ccccc2)c2ccccc2)c1)N(C)C. The third-order valence-electron chi connectivity index (χ3n) is 4.66. The molecule has 0 amide bonds. The highest BCUT2D eigenvalue weighted by Gasteiger charge is 2.28. The van der Waals surface area contributed by atoms with E-state index in [1.54, 1.807) is 0 Å². The molecule has 0 fully saturated rings. The molecule has 7 heteroatoms. The van der Waals surface area contributed by atoms with Gasteiger partial charge in [-0.15, -0.1) is 0 Å². The molecule has 3 rings (SSSR count). The lowest BCUT2D eigenvalue weighted by molar-refractivity contribution is 0.449. The lowest BCUT2D eigenvalue weighted by Crippen LogP contribution is -2.26. The Kier molecular flexibility index (Phi) is 7.11. The highest BCUT2D eigenvalue weighted by Crippen LogP contribution is 2.51. The van der Waals surface area contributed by atoms with Gasteiger partial charge in [0, 0.05) is 6.04 Å². The van der Waals surface area contributed by atoms with E-state index < -0.39 is 12.6 Å². The van der Waals surface area contributed by atoms with Gasteiger partial charge in [-0.1, -0.05) is 84.6 Å². The van der Waals surface area contributed by atoms with Crippen molar-refractivity contribution < 1.29 is 4.52 Å². The number of benzene rings is 3. The van der Waals surface area contributed by atoms with Crippen LogP contribution >= 0.6 is 12.6 Å². The number of rotatable bonds is 7. The Bertz CT molecular complexity index is 1000. The van der Waals surface area contributed by atoms with Crippen LogP contribution in [0.2, 0.25) is 0 Å². The van der Waals surface area contributed by atoms with Crippen LogP contribution in [-0.4, -0.2) is 37.5 Å². The minimum Gasteiger partial charge on any atom is -0.441 e. The van der Waals surface area contributed by atoms with Crippen LogP contribution in [0.4, 0.5) is 0 Å². The van der Waals surface area contributed by atoms with E-state index in [0.29, 0.717) is 0 Å². The molecule has 3 aromatic carbocycles. The predicted molar refractivity (Wildman–Crippen MR) is 135 cm³/mol. The maximum atomic E-state index is 6.42. The van der Waals surface area contributed by atoms with E-state index in [1.807, 2.05) is 61.8 Å². The third kappa shape index (κ3) is 4.56. The van der Waals surface area contributed by atoms with Crippen LogP contribution in [0.15, 0.2) is 84.9 Å². The van der Waals surface area contributed by atoms with Crippen LogP contribution in [0.25, 0.3) is 0 Å². The zero-order valence-electron chi connectivity index (χ0n) is 17.1. The molecule has 3 aromatic rings. The summed E-state index contributed by atoms with van der Waals surface area (Å²) in [7, 11) is 7.85. The van der Waals surface area contributed by atoms with Crippen molar-refractivity contribution in [3.63, 3.8) is 0 Å². The molecule has 3 nitrogen and oxygen atoms in total. The topological polar surface area (TPSA) is 15.7 Å². The fraction of sp³-hybridized carbons (Fsp3) is 0.182. The van der Waals surface area contributed by atoms with Gasteiger partial charge in [0.25, 0.3) is 6.57 Å². The van der Waals surface area contributed by atoms with E-state index in [4.69, 9.17) is 28.1 Å². The summed E-state index contributed by atoms with van der Waals surface area (Å²) in [6.45, 7) is -2.32. The van der Waals surface area contributed by atoms with Crippen LogP contribution in [0.1, 0.15) is 0 Å². The van der Waals surface area contributed by atoms with Crippen LogP contribution < -0.4 is 20.4 Å². The third-order valence-corrected chi connectivity index (χ3v) is 14.3. The van der Waals surface area contributed by atoms with Crippen molar-refractivity contribution in [2.75, 3.05) is 28.2 Å². The molecule has 0 saturated carbocycles. The van der Waals surface area contributed by atoms with Gasteiger partial charge in [0.2, 0.25) is 0 Å². The Morgan fingerprint density at radius 3 is 1.52 bits per heavy atom. The maximum absolute atomic E-state index is 6.42. The van der Waals surface area contributed by atoms with Gasteiger partial charge < -0.3 is 4.52 Å². The van der Waals surface area contributed by atoms with E-state index in [2.05, 4.69) is 60.7 Å². The molecule has 0 spiro atoms. The van der Waals surface area contributed by atoms with Crippen molar-refractivity contribution in [3.8, 4) is 5.75 Å². The summed E-state index contributed by atoms with van der Waals surface area (Å²) in [6.07, 6.45) is 0. The Balaban J connectivity index is 2.13. The van der Waals surface area contributed by atoms with Crippen LogP contribution in [-0.2, 0) is 23.6 Å². The van der Waals surface area contributed by atoms with Crippen molar-refractivity contribution in [1.82, 2.24) is 9.34 Å². The molecule has 0 aromatic heterocycles. The molecular weight excluding hydrogens is 434 g/mol. The standard InChI is InChI=1S/C22H26N2OP2S2/c1-23(2)27(29,24(3)4)25-19-12-11-17-22(18-19)26(28,20-13-7-5-8-14-20)21-15-9-6-10-16-21/h5-18H,1-4H3. The van der Waals surface area contributed by atoms with E-state index in [0.717, 1.165) is 21.7 Å². The van der Waals surface area contributed by atoms with Gasteiger partial charge in [0.15, 0.2) is 0 Å². The lowest BCUT2D eigenvalue weighted by atomic mass is 10.3. The van der Waals surface area contributed by atoms with Crippen LogP contribution in [0.3, 0.4) is 0 Å². The van der Waals surface area contributed by atoms with Crippen LogP contribution in [0, 0.1) is 0 Å². The van der Waals surface area contributed by atoms with E-state index in [-0.39, 0.29) is 0 Å². The summed E-state index contributed by atoms with van der Waals surface area (Å²) in [5.41, 5.74) is 0. The first-order valence-corrected chi connectivity index (χ1v) is 14.7. The van der Waals surface area contributed by atoms with E-state index >= 15 is 0 Å². The summed E-state index contributed by atoms with van der Waals surface area (Å²) in [6, 6.07) is 26.7. The lowest BCUT2D eigenvalue weighted by Gasteiger charge is -2.34. The van der Waals surface area contributed by atoms with Gasteiger partial charge in [-0.25, -0.2) is 9.34 Å². The zero-order chi connectivity index (χ0) is 21.1. The maximum Gasteiger partial charge on any atom is 0.252 e. The molecule has 0 aliphatic rings. The van der Waals surface area contributed by atoms with Gasteiger partial charge in [-0.2, -0.15) is 0 Å².